The Bertz CT molecular complexity index is 619. The summed E-state index contributed by atoms with van der Waals surface area (Å²) in [4.78, 5) is 15.8. The maximum absolute atomic E-state index is 11.5. The lowest BCUT2D eigenvalue weighted by Gasteiger charge is -2.09. The minimum atomic E-state index is -0.177. The van der Waals surface area contributed by atoms with E-state index in [1.807, 2.05) is 42.5 Å². The van der Waals surface area contributed by atoms with E-state index in [1.54, 1.807) is 0 Å². The van der Waals surface area contributed by atoms with Crippen LogP contribution in [0.1, 0.15) is 5.69 Å². The Morgan fingerprint density at radius 2 is 2.00 bits per heavy atom. The van der Waals surface area contributed by atoms with Gasteiger partial charge in [-0.25, -0.2) is 4.98 Å². The van der Waals surface area contributed by atoms with E-state index in [0.29, 0.717) is 6.54 Å². The summed E-state index contributed by atoms with van der Waals surface area (Å²) in [7, 11) is 1.49. The van der Waals surface area contributed by atoms with Gasteiger partial charge in [0.2, 0.25) is 5.91 Å². The molecule has 0 aliphatic heterocycles. The second-order valence-electron chi connectivity index (χ2n) is 4.37. The zero-order valence-electron chi connectivity index (χ0n) is 11.6. The van der Waals surface area contributed by atoms with Crippen LogP contribution in [0.2, 0.25) is 0 Å². The van der Waals surface area contributed by atoms with Gasteiger partial charge in [0.15, 0.2) is 0 Å². The van der Waals surface area contributed by atoms with Gasteiger partial charge in [-0.2, -0.15) is 0 Å². The molecule has 0 saturated carbocycles. The van der Waals surface area contributed by atoms with Crippen molar-refractivity contribution >= 4 is 33.2 Å². The number of ether oxygens (including phenoxy) is 1. The number of aromatic nitrogens is 1. The molecule has 2 rings (SSSR count). The molecule has 1 amide bonds. The highest BCUT2D eigenvalue weighted by molar-refractivity contribution is 9.10. The summed E-state index contributed by atoms with van der Waals surface area (Å²) < 4.78 is 5.59. The Labute approximate surface area is 131 Å². The standard InChI is InChI=1S/C15H16BrN3O2/c1-21-10-15(20)19-12-5-2-4-11(8-12)17-9-13-6-3-7-14(16)18-13/h2-8,17H,9-10H2,1H3,(H,19,20). The molecule has 2 N–H and O–H groups in total. The third kappa shape index (κ3) is 5.17. The minimum absolute atomic E-state index is 0.0413. The predicted molar refractivity (Wildman–Crippen MR) is 86.2 cm³/mol. The lowest BCUT2D eigenvalue weighted by atomic mass is 10.2. The first-order valence-corrected chi connectivity index (χ1v) is 7.21. The second kappa shape index (κ2) is 7.75. The minimum Gasteiger partial charge on any atom is -0.379 e. The molecule has 5 nitrogen and oxygen atoms in total. The molecule has 2 aromatic rings. The van der Waals surface area contributed by atoms with E-state index >= 15 is 0 Å². The number of methoxy groups -OCH3 is 1. The van der Waals surface area contributed by atoms with Gasteiger partial charge in [0, 0.05) is 18.5 Å². The van der Waals surface area contributed by atoms with Gasteiger partial charge >= 0.3 is 0 Å². The van der Waals surface area contributed by atoms with E-state index in [0.717, 1.165) is 21.7 Å². The SMILES string of the molecule is COCC(=O)Nc1cccc(NCc2cccc(Br)n2)c1. The average Bonchev–Trinajstić information content (AvgIpc) is 2.46. The van der Waals surface area contributed by atoms with Crippen LogP contribution in [0.25, 0.3) is 0 Å². The number of rotatable bonds is 6. The Kier molecular flexibility index (Phi) is 5.71. The molecular weight excluding hydrogens is 334 g/mol. The number of nitrogens with zero attached hydrogens (tertiary/aromatic N) is 1. The number of anilines is 2. The maximum atomic E-state index is 11.5. The van der Waals surface area contributed by atoms with Crippen LogP contribution in [0.3, 0.4) is 0 Å². The number of carbonyl (C=O) groups excluding carboxylic acids is 1. The molecule has 21 heavy (non-hydrogen) atoms. The fourth-order valence-corrected chi connectivity index (χ4v) is 2.16. The van der Waals surface area contributed by atoms with E-state index in [4.69, 9.17) is 4.74 Å². The van der Waals surface area contributed by atoms with E-state index in [-0.39, 0.29) is 12.5 Å². The summed E-state index contributed by atoms with van der Waals surface area (Å²) >= 11 is 3.34. The van der Waals surface area contributed by atoms with E-state index in [2.05, 4.69) is 31.5 Å². The van der Waals surface area contributed by atoms with Gasteiger partial charge in [0.1, 0.15) is 11.2 Å². The normalized spacial score (nSPS) is 10.2. The zero-order chi connectivity index (χ0) is 15.1. The monoisotopic (exact) mass is 349 g/mol. The van der Waals surface area contributed by atoms with Gasteiger partial charge in [-0.15, -0.1) is 0 Å². The summed E-state index contributed by atoms with van der Waals surface area (Å²) in [6.07, 6.45) is 0. The van der Waals surface area contributed by atoms with Crippen LogP contribution in [0.5, 0.6) is 0 Å². The molecule has 0 atom stereocenters. The molecule has 0 aliphatic rings. The number of pyridine rings is 1. The number of hydrogen-bond acceptors (Lipinski definition) is 4. The molecule has 0 spiro atoms. The molecule has 0 fully saturated rings. The highest BCUT2D eigenvalue weighted by atomic mass is 79.9. The Morgan fingerprint density at radius 3 is 2.76 bits per heavy atom. The van der Waals surface area contributed by atoms with Crippen LogP contribution in [-0.2, 0) is 16.1 Å². The van der Waals surface area contributed by atoms with Crippen molar-refractivity contribution in [3.63, 3.8) is 0 Å². The van der Waals surface area contributed by atoms with Crippen molar-refractivity contribution in [2.24, 2.45) is 0 Å². The van der Waals surface area contributed by atoms with Crippen LogP contribution in [0.4, 0.5) is 11.4 Å². The quantitative estimate of drug-likeness (QED) is 0.786. The van der Waals surface area contributed by atoms with E-state index < -0.39 is 0 Å². The first-order valence-electron chi connectivity index (χ1n) is 6.41. The van der Waals surface area contributed by atoms with Crippen molar-refractivity contribution in [2.45, 2.75) is 6.54 Å². The van der Waals surface area contributed by atoms with Gasteiger partial charge in [0.25, 0.3) is 0 Å². The van der Waals surface area contributed by atoms with Crippen molar-refractivity contribution in [1.82, 2.24) is 4.98 Å². The second-order valence-corrected chi connectivity index (χ2v) is 5.18. The molecule has 1 aromatic carbocycles. The number of halogens is 1. The molecule has 0 unspecified atom stereocenters. The Morgan fingerprint density at radius 1 is 1.24 bits per heavy atom. The smallest absolute Gasteiger partial charge is 0.250 e. The van der Waals surface area contributed by atoms with Crippen molar-refractivity contribution in [2.75, 3.05) is 24.4 Å². The molecule has 6 heteroatoms. The average molecular weight is 350 g/mol. The summed E-state index contributed by atoms with van der Waals surface area (Å²) in [5.41, 5.74) is 2.56. The zero-order valence-corrected chi connectivity index (χ0v) is 13.2. The fourth-order valence-electron chi connectivity index (χ4n) is 1.78. The van der Waals surface area contributed by atoms with Gasteiger partial charge in [-0.05, 0) is 46.3 Å². The molecule has 1 heterocycles. The van der Waals surface area contributed by atoms with Crippen molar-refractivity contribution in [3.8, 4) is 0 Å². The molecule has 0 aliphatic carbocycles. The van der Waals surface area contributed by atoms with Gasteiger partial charge in [0.05, 0.1) is 12.2 Å². The van der Waals surface area contributed by atoms with Crippen LogP contribution in [0.15, 0.2) is 47.1 Å². The number of carbonyl (C=O) groups is 1. The molecule has 0 radical (unpaired) electrons. The fraction of sp³-hybridized carbons (Fsp3) is 0.200. The van der Waals surface area contributed by atoms with E-state index in [1.165, 1.54) is 7.11 Å². The summed E-state index contributed by atoms with van der Waals surface area (Å²) in [5, 5.41) is 6.03. The molecule has 0 bridgehead atoms. The lowest BCUT2D eigenvalue weighted by Crippen LogP contribution is -2.17. The highest BCUT2D eigenvalue weighted by Gasteiger charge is 2.02. The maximum Gasteiger partial charge on any atom is 0.250 e. The summed E-state index contributed by atoms with van der Waals surface area (Å²) in [6, 6.07) is 13.3. The van der Waals surface area contributed by atoms with Crippen molar-refractivity contribution in [1.29, 1.82) is 0 Å². The van der Waals surface area contributed by atoms with Crippen molar-refractivity contribution < 1.29 is 9.53 Å². The number of amides is 1. The third-order valence-corrected chi connectivity index (χ3v) is 3.11. The molecule has 110 valence electrons. The Hall–Kier alpha value is -1.92. The molecule has 0 saturated heterocycles. The molecule has 1 aromatic heterocycles. The predicted octanol–water partition coefficient (Wildman–Crippen LogP) is 3.04. The van der Waals surface area contributed by atoms with Crippen LogP contribution in [0, 0.1) is 0 Å². The van der Waals surface area contributed by atoms with Crippen LogP contribution < -0.4 is 10.6 Å². The highest BCUT2D eigenvalue weighted by Crippen LogP contribution is 2.16. The summed E-state index contributed by atoms with van der Waals surface area (Å²) in [5.74, 6) is -0.177. The van der Waals surface area contributed by atoms with Gasteiger partial charge in [-0.1, -0.05) is 12.1 Å². The van der Waals surface area contributed by atoms with E-state index in [9.17, 15) is 4.79 Å². The van der Waals surface area contributed by atoms with Gasteiger partial charge in [-0.3, -0.25) is 4.79 Å². The first kappa shape index (κ1) is 15.5. The number of hydrogen-bond donors (Lipinski definition) is 2. The number of benzene rings is 1. The lowest BCUT2D eigenvalue weighted by molar-refractivity contribution is -0.119. The van der Waals surface area contributed by atoms with Gasteiger partial charge < -0.3 is 15.4 Å². The van der Waals surface area contributed by atoms with Crippen LogP contribution >= 0.6 is 15.9 Å². The molecular formula is C15H16BrN3O2. The Balaban J connectivity index is 1.96. The van der Waals surface area contributed by atoms with Crippen LogP contribution in [-0.4, -0.2) is 24.6 Å². The first-order chi connectivity index (χ1) is 10.2. The largest absolute Gasteiger partial charge is 0.379 e. The third-order valence-electron chi connectivity index (χ3n) is 2.67. The van der Waals surface area contributed by atoms with Crippen molar-refractivity contribution in [3.05, 3.63) is 52.8 Å². The summed E-state index contributed by atoms with van der Waals surface area (Å²) in [6.45, 7) is 0.647. The number of nitrogens with one attached hydrogen (secondary N) is 2. The topological polar surface area (TPSA) is 63.2 Å².